The van der Waals surface area contributed by atoms with E-state index in [4.69, 9.17) is 4.98 Å². The van der Waals surface area contributed by atoms with E-state index in [9.17, 15) is 0 Å². The number of hydrogen-bond donors (Lipinski definition) is 0. The second kappa shape index (κ2) is 6.40. The summed E-state index contributed by atoms with van der Waals surface area (Å²) in [6.45, 7) is 4.34. The van der Waals surface area contributed by atoms with Crippen molar-refractivity contribution in [3.8, 4) is 11.3 Å². The van der Waals surface area contributed by atoms with Gasteiger partial charge in [-0.1, -0.05) is 23.8 Å². The van der Waals surface area contributed by atoms with Crippen molar-refractivity contribution in [1.82, 2.24) is 4.98 Å². The molecule has 5 aromatic rings. The zero-order valence-electron chi connectivity index (χ0n) is 16.9. The largest absolute Gasteiger partial charge is 0.256 e. The van der Waals surface area contributed by atoms with Crippen LogP contribution >= 0.6 is 11.3 Å². The molecule has 2 aromatic heterocycles. The molecule has 0 N–H and O–H groups in total. The molecule has 1 nitrogen and oxygen atoms in total. The van der Waals surface area contributed by atoms with E-state index in [0.717, 1.165) is 5.69 Å². The lowest BCUT2D eigenvalue weighted by molar-refractivity contribution is 0.687. The summed E-state index contributed by atoms with van der Waals surface area (Å²) in [6.07, 6.45) is 7.07. The standard InChI is InChI=1S/C27H23NS/c1-16-7-8-21(17(2)11-16)27-22-15-24-23-12-18-5-3-4-6-19(18)13-25(23)29-26(24)14-20(22)9-10-28-27/h7-15H,3-6H2,1-2H3. The highest BCUT2D eigenvalue weighted by Gasteiger charge is 2.15. The number of fused-ring (bicyclic) bond motifs is 5. The zero-order valence-corrected chi connectivity index (χ0v) is 17.7. The molecular formula is C27H23NS. The number of benzene rings is 3. The normalized spacial score (nSPS) is 14.0. The van der Waals surface area contributed by atoms with Crippen LogP contribution in [0.2, 0.25) is 0 Å². The van der Waals surface area contributed by atoms with Gasteiger partial charge in [0, 0.05) is 37.3 Å². The molecule has 0 bridgehead atoms. The van der Waals surface area contributed by atoms with Crippen LogP contribution in [0.4, 0.5) is 0 Å². The lowest BCUT2D eigenvalue weighted by Crippen LogP contribution is -2.01. The maximum atomic E-state index is 4.81. The number of aromatic nitrogens is 1. The minimum absolute atomic E-state index is 1.10. The van der Waals surface area contributed by atoms with Crippen molar-refractivity contribution in [3.63, 3.8) is 0 Å². The minimum atomic E-state index is 1.10. The van der Waals surface area contributed by atoms with Gasteiger partial charge in [0.2, 0.25) is 0 Å². The Balaban J connectivity index is 1.66. The minimum Gasteiger partial charge on any atom is -0.256 e. The second-order valence-corrected chi connectivity index (χ2v) is 9.56. The Labute approximate surface area is 175 Å². The van der Waals surface area contributed by atoms with Crippen molar-refractivity contribution in [2.24, 2.45) is 0 Å². The van der Waals surface area contributed by atoms with E-state index in [1.165, 1.54) is 73.3 Å². The topological polar surface area (TPSA) is 12.9 Å². The molecule has 1 aliphatic rings. The maximum absolute atomic E-state index is 4.81. The van der Waals surface area contributed by atoms with Crippen molar-refractivity contribution < 1.29 is 0 Å². The molecule has 29 heavy (non-hydrogen) atoms. The van der Waals surface area contributed by atoms with Gasteiger partial charge in [-0.15, -0.1) is 11.3 Å². The van der Waals surface area contributed by atoms with Crippen LogP contribution in [0, 0.1) is 13.8 Å². The van der Waals surface area contributed by atoms with Gasteiger partial charge in [-0.05, 0) is 91.9 Å². The van der Waals surface area contributed by atoms with Crippen LogP contribution in [-0.2, 0) is 12.8 Å². The first kappa shape index (κ1) is 17.2. The lowest BCUT2D eigenvalue weighted by Gasteiger charge is -2.15. The summed E-state index contributed by atoms with van der Waals surface area (Å²) < 4.78 is 2.81. The molecule has 3 aromatic carbocycles. The molecule has 1 aliphatic carbocycles. The Bertz CT molecular complexity index is 1420. The molecule has 0 radical (unpaired) electrons. The first-order chi connectivity index (χ1) is 14.2. The summed E-state index contributed by atoms with van der Waals surface area (Å²) in [4.78, 5) is 4.81. The summed E-state index contributed by atoms with van der Waals surface area (Å²) in [5.74, 6) is 0. The molecule has 2 heteroatoms. The molecule has 0 amide bonds. The van der Waals surface area contributed by atoms with Crippen LogP contribution < -0.4 is 0 Å². The predicted octanol–water partition coefficient (Wildman–Crippen LogP) is 7.77. The van der Waals surface area contributed by atoms with Gasteiger partial charge >= 0.3 is 0 Å². The average molecular weight is 394 g/mol. The molecule has 0 spiro atoms. The number of thiophene rings is 1. The van der Waals surface area contributed by atoms with Crippen LogP contribution in [0.15, 0.2) is 54.7 Å². The van der Waals surface area contributed by atoms with Gasteiger partial charge in [-0.3, -0.25) is 4.98 Å². The summed E-state index contributed by atoms with van der Waals surface area (Å²) in [5.41, 5.74) is 8.04. The lowest BCUT2D eigenvalue weighted by atomic mass is 9.90. The summed E-state index contributed by atoms with van der Waals surface area (Å²) in [7, 11) is 0. The Morgan fingerprint density at radius 1 is 0.759 bits per heavy atom. The van der Waals surface area contributed by atoms with Gasteiger partial charge in [0.1, 0.15) is 0 Å². The van der Waals surface area contributed by atoms with Crippen molar-refractivity contribution >= 4 is 42.3 Å². The van der Waals surface area contributed by atoms with Gasteiger partial charge in [0.05, 0.1) is 5.69 Å². The molecular weight excluding hydrogens is 370 g/mol. The van der Waals surface area contributed by atoms with Crippen LogP contribution in [0.25, 0.3) is 42.2 Å². The molecule has 0 saturated heterocycles. The molecule has 6 rings (SSSR count). The van der Waals surface area contributed by atoms with Crippen molar-refractivity contribution in [3.05, 3.63) is 77.0 Å². The molecule has 2 heterocycles. The third-order valence-corrected chi connectivity index (χ3v) is 7.57. The average Bonchev–Trinajstić information content (AvgIpc) is 3.06. The summed E-state index contributed by atoms with van der Waals surface area (Å²) in [6, 6.07) is 18.5. The van der Waals surface area contributed by atoms with Gasteiger partial charge < -0.3 is 0 Å². The maximum Gasteiger partial charge on any atom is 0.0783 e. The first-order valence-corrected chi connectivity index (χ1v) is 11.3. The van der Waals surface area contributed by atoms with Crippen LogP contribution in [0.5, 0.6) is 0 Å². The van der Waals surface area contributed by atoms with Gasteiger partial charge in [0.15, 0.2) is 0 Å². The van der Waals surface area contributed by atoms with Gasteiger partial charge in [0.25, 0.3) is 0 Å². The van der Waals surface area contributed by atoms with E-state index < -0.39 is 0 Å². The third-order valence-electron chi connectivity index (χ3n) is 6.46. The van der Waals surface area contributed by atoms with E-state index in [0.29, 0.717) is 0 Å². The fourth-order valence-corrected chi connectivity index (χ4v) is 6.15. The van der Waals surface area contributed by atoms with Gasteiger partial charge in [-0.25, -0.2) is 0 Å². The highest BCUT2D eigenvalue weighted by atomic mass is 32.1. The zero-order chi connectivity index (χ0) is 19.5. The molecule has 0 aliphatic heterocycles. The van der Waals surface area contributed by atoms with E-state index in [1.54, 1.807) is 11.1 Å². The van der Waals surface area contributed by atoms with Crippen molar-refractivity contribution in [2.75, 3.05) is 0 Å². The second-order valence-electron chi connectivity index (χ2n) is 8.47. The molecule has 142 valence electrons. The number of pyridine rings is 1. The van der Waals surface area contributed by atoms with Crippen molar-refractivity contribution in [1.29, 1.82) is 0 Å². The molecule has 0 fully saturated rings. The number of nitrogens with zero attached hydrogens (tertiary/aromatic N) is 1. The summed E-state index contributed by atoms with van der Waals surface area (Å²) in [5, 5.41) is 5.33. The number of aryl methyl sites for hydroxylation is 4. The Hall–Kier alpha value is -2.71. The number of rotatable bonds is 1. The van der Waals surface area contributed by atoms with Gasteiger partial charge in [-0.2, -0.15) is 0 Å². The Morgan fingerprint density at radius 3 is 2.34 bits per heavy atom. The van der Waals surface area contributed by atoms with Crippen LogP contribution in [0.3, 0.4) is 0 Å². The van der Waals surface area contributed by atoms with E-state index in [2.05, 4.69) is 62.4 Å². The third kappa shape index (κ3) is 2.70. The molecule has 0 unspecified atom stereocenters. The fourth-order valence-electron chi connectivity index (χ4n) is 4.97. The summed E-state index contributed by atoms with van der Waals surface area (Å²) >= 11 is 1.94. The van der Waals surface area contributed by atoms with Crippen LogP contribution in [0.1, 0.15) is 35.1 Å². The van der Waals surface area contributed by atoms with Crippen LogP contribution in [-0.4, -0.2) is 4.98 Å². The number of hydrogen-bond acceptors (Lipinski definition) is 2. The highest BCUT2D eigenvalue weighted by molar-refractivity contribution is 7.25. The quantitative estimate of drug-likeness (QED) is 0.283. The van der Waals surface area contributed by atoms with E-state index in [1.807, 2.05) is 17.5 Å². The molecule has 0 atom stereocenters. The smallest absolute Gasteiger partial charge is 0.0783 e. The Morgan fingerprint density at radius 2 is 1.52 bits per heavy atom. The Kier molecular flexibility index (Phi) is 3.79. The van der Waals surface area contributed by atoms with E-state index >= 15 is 0 Å². The first-order valence-electron chi connectivity index (χ1n) is 10.5. The fraction of sp³-hybridized carbons (Fsp3) is 0.222. The predicted molar refractivity (Wildman–Crippen MR) is 126 cm³/mol. The SMILES string of the molecule is Cc1ccc(-c2nccc3cc4sc5cc6c(cc5c4cc23)CCCC6)c(C)c1. The highest BCUT2D eigenvalue weighted by Crippen LogP contribution is 2.41. The molecule has 0 saturated carbocycles. The monoisotopic (exact) mass is 393 g/mol. The van der Waals surface area contributed by atoms with E-state index in [-0.39, 0.29) is 0 Å². The van der Waals surface area contributed by atoms with Crippen molar-refractivity contribution in [2.45, 2.75) is 39.5 Å².